The fourth-order valence-electron chi connectivity index (χ4n) is 2.33. The highest BCUT2D eigenvalue weighted by molar-refractivity contribution is 7.14. The van der Waals surface area contributed by atoms with Crippen LogP contribution in [0.25, 0.3) is 0 Å². The van der Waals surface area contributed by atoms with Crippen molar-refractivity contribution in [3.63, 3.8) is 0 Å². The van der Waals surface area contributed by atoms with Crippen LogP contribution in [0.15, 0.2) is 30.3 Å². The Bertz CT molecular complexity index is 700. The summed E-state index contributed by atoms with van der Waals surface area (Å²) < 4.78 is 5.39. The standard InChI is InChI=1S/C16H16N2O3S/c1-10(19)17-12-3-2-4-13(8-12)18-16(20)15-7-11-9-21-6-5-14(11)22-15/h2-4,7-8H,5-6,9H2,1H3,(H,17,19)(H,18,20). The molecule has 0 radical (unpaired) electrons. The summed E-state index contributed by atoms with van der Waals surface area (Å²) in [5.74, 6) is -0.284. The first-order chi connectivity index (χ1) is 10.6. The van der Waals surface area contributed by atoms with Crippen LogP contribution in [0.4, 0.5) is 11.4 Å². The van der Waals surface area contributed by atoms with E-state index in [1.165, 1.54) is 23.1 Å². The van der Waals surface area contributed by atoms with Gasteiger partial charge >= 0.3 is 0 Å². The van der Waals surface area contributed by atoms with Crippen LogP contribution in [0.5, 0.6) is 0 Å². The van der Waals surface area contributed by atoms with Gasteiger partial charge in [-0.2, -0.15) is 0 Å². The van der Waals surface area contributed by atoms with E-state index in [2.05, 4.69) is 10.6 Å². The van der Waals surface area contributed by atoms with Crippen LogP contribution in [-0.2, 0) is 22.6 Å². The highest BCUT2D eigenvalue weighted by atomic mass is 32.1. The summed E-state index contributed by atoms with van der Waals surface area (Å²) in [6.45, 7) is 2.74. The summed E-state index contributed by atoms with van der Waals surface area (Å²) in [5, 5.41) is 5.55. The number of rotatable bonds is 3. The number of carbonyl (C=O) groups is 2. The summed E-state index contributed by atoms with van der Waals surface area (Å²) in [5.41, 5.74) is 2.41. The van der Waals surface area contributed by atoms with Gasteiger partial charge in [0, 0.05) is 29.6 Å². The Balaban J connectivity index is 1.73. The van der Waals surface area contributed by atoms with Gasteiger partial charge in [0.25, 0.3) is 5.91 Å². The molecule has 114 valence electrons. The molecule has 0 atom stereocenters. The molecule has 0 unspecified atom stereocenters. The molecule has 1 aliphatic rings. The van der Waals surface area contributed by atoms with Gasteiger partial charge in [-0.05, 0) is 29.8 Å². The number of fused-ring (bicyclic) bond motifs is 1. The number of carbonyl (C=O) groups excluding carboxylic acids is 2. The van der Waals surface area contributed by atoms with Gasteiger partial charge in [-0.25, -0.2) is 0 Å². The highest BCUT2D eigenvalue weighted by Gasteiger charge is 2.17. The average Bonchev–Trinajstić information content (AvgIpc) is 2.91. The minimum Gasteiger partial charge on any atom is -0.376 e. The molecule has 6 heteroatoms. The Labute approximate surface area is 132 Å². The number of ether oxygens (including phenoxy) is 1. The number of anilines is 2. The minimum absolute atomic E-state index is 0.139. The maximum Gasteiger partial charge on any atom is 0.265 e. The second kappa shape index (κ2) is 6.29. The van der Waals surface area contributed by atoms with E-state index in [1.807, 2.05) is 6.07 Å². The molecule has 3 rings (SSSR count). The lowest BCUT2D eigenvalue weighted by Gasteiger charge is -2.10. The fourth-order valence-corrected chi connectivity index (χ4v) is 3.37. The van der Waals surface area contributed by atoms with Crippen molar-refractivity contribution in [1.29, 1.82) is 0 Å². The molecule has 2 N–H and O–H groups in total. The molecule has 1 aromatic heterocycles. The molecule has 2 amide bonds. The van der Waals surface area contributed by atoms with E-state index in [-0.39, 0.29) is 11.8 Å². The van der Waals surface area contributed by atoms with Crippen molar-refractivity contribution < 1.29 is 14.3 Å². The zero-order chi connectivity index (χ0) is 15.5. The smallest absolute Gasteiger partial charge is 0.265 e. The maximum absolute atomic E-state index is 12.3. The van der Waals surface area contributed by atoms with Gasteiger partial charge in [0.05, 0.1) is 18.1 Å². The molecular formula is C16H16N2O3S. The molecule has 0 bridgehead atoms. The number of benzene rings is 1. The topological polar surface area (TPSA) is 67.4 Å². The molecule has 0 saturated heterocycles. The molecule has 0 spiro atoms. The Morgan fingerprint density at radius 3 is 2.68 bits per heavy atom. The predicted octanol–water partition coefficient (Wildman–Crippen LogP) is 3.03. The predicted molar refractivity (Wildman–Crippen MR) is 86.4 cm³/mol. The van der Waals surface area contributed by atoms with Crippen molar-refractivity contribution >= 4 is 34.5 Å². The van der Waals surface area contributed by atoms with Crippen molar-refractivity contribution in [3.8, 4) is 0 Å². The van der Waals surface area contributed by atoms with Crippen LogP contribution in [0.3, 0.4) is 0 Å². The third-order valence-corrected chi connectivity index (χ3v) is 4.53. The maximum atomic E-state index is 12.3. The van der Waals surface area contributed by atoms with Crippen LogP contribution in [0.2, 0.25) is 0 Å². The highest BCUT2D eigenvalue weighted by Crippen LogP contribution is 2.27. The number of nitrogens with one attached hydrogen (secondary N) is 2. The summed E-state index contributed by atoms with van der Waals surface area (Å²) >= 11 is 1.52. The lowest BCUT2D eigenvalue weighted by atomic mass is 10.2. The van der Waals surface area contributed by atoms with Gasteiger partial charge in [-0.3, -0.25) is 9.59 Å². The monoisotopic (exact) mass is 316 g/mol. The SMILES string of the molecule is CC(=O)Nc1cccc(NC(=O)c2cc3c(s2)CCOC3)c1. The summed E-state index contributed by atoms with van der Waals surface area (Å²) in [6.07, 6.45) is 0.866. The van der Waals surface area contributed by atoms with E-state index >= 15 is 0 Å². The normalized spacial score (nSPS) is 13.3. The first-order valence-electron chi connectivity index (χ1n) is 7.00. The van der Waals surface area contributed by atoms with Crippen molar-refractivity contribution in [1.82, 2.24) is 0 Å². The molecular weight excluding hydrogens is 300 g/mol. The van der Waals surface area contributed by atoms with Crippen LogP contribution < -0.4 is 10.6 Å². The Morgan fingerprint density at radius 2 is 1.95 bits per heavy atom. The number of hydrogen-bond acceptors (Lipinski definition) is 4. The first kappa shape index (κ1) is 14.7. The van der Waals surface area contributed by atoms with Crippen LogP contribution in [-0.4, -0.2) is 18.4 Å². The minimum atomic E-state index is -0.144. The van der Waals surface area contributed by atoms with E-state index < -0.39 is 0 Å². The van der Waals surface area contributed by atoms with Gasteiger partial charge < -0.3 is 15.4 Å². The van der Waals surface area contributed by atoms with Gasteiger partial charge in [0.2, 0.25) is 5.91 Å². The van der Waals surface area contributed by atoms with Gasteiger partial charge in [0.15, 0.2) is 0 Å². The van der Waals surface area contributed by atoms with E-state index in [9.17, 15) is 9.59 Å². The molecule has 0 saturated carbocycles. The van der Waals surface area contributed by atoms with E-state index in [0.29, 0.717) is 29.5 Å². The molecule has 2 aromatic rings. The van der Waals surface area contributed by atoms with Gasteiger partial charge in [-0.1, -0.05) is 6.07 Å². The fraction of sp³-hybridized carbons (Fsp3) is 0.250. The van der Waals surface area contributed by atoms with Gasteiger partial charge in [0.1, 0.15) is 0 Å². The Kier molecular flexibility index (Phi) is 4.22. The number of amides is 2. The molecule has 5 nitrogen and oxygen atoms in total. The van der Waals surface area contributed by atoms with Crippen LogP contribution in [0, 0.1) is 0 Å². The second-order valence-electron chi connectivity index (χ2n) is 5.08. The van der Waals surface area contributed by atoms with Gasteiger partial charge in [-0.15, -0.1) is 11.3 Å². The Hall–Kier alpha value is -2.18. The molecule has 1 aromatic carbocycles. The van der Waals surface area contributed by atoms with E-state index in [1.54, 1.807) is 24.3 Å². The van der Waals surface area contributed by atoms with E-state index in [4.69, 9.17) is 4.74 Å². The average molecular weight is 316 g/mol. The second-order valence-corrected chi connectivity index (χ2v) is 6.21. The van der Waals surface area contributed by atoms with E-state index in [0.717, 1.165) is 12.0 Å². The Morgan fingerprint density at radius 1 is 1.18 bits per heavy atom. The molecule has 22 heavy (non-hydrogen) atoms. The lowest BCUT2D eigenvalue weighted by Crippen LogP contribution is -2.11. The first-order valence-corrected chi connectivity index (χ1v) is 7.82. The number of thiophene rings is 1. The largest absolute Gasteiger partial charge is 0.376 e. The molecule has 0 fully saturated rings. The molecule has 0 aliphatic carbocycles. The molecule has 1 aliphatic heterocycles. The summed E-state index contributed by atoms with van der Waals surface area (Å²) in [6, 6.07) is 8.98. The number of hydrogen-bond donors (Lipinski definition) is 2. The third kappa shape index (κ3) is 3.35. The van der Waals surface area contributed by atoms with Crippen molar-refractivity contribution in [2.24, 2.45) is 0 Å². The summed E-state index contributed by atoms with van der Waals surface area (Å²) in [4.78, 5) is 25.3. The van der Waals surface area contributed by atoms with Crippen molar-refractivity contribution in [2.45, 2.75) is 20.0 Å². The molecule has 2 heterocycles. The summed E-state index contributed by atoms with van der Waals surface area (Å²) in [7, 11) is 0. The quantitative estimate of drug-likeness (QED) is 0.914. The zero-order valence-corrected chi connectivity index (χ0v) is 13.0. The van der Waals surface area contributed by atoms with Crippen LogP contribution in [0.1, 0.15) is 27.0 Å². The van der Waals surface area contributed by atoms with Crippen molar-refractivity contribution in [3.05, 3.63) is 45.6 Å². The lowest BCUT2D eigenvalue weighted by molar-refractivity contribution is -0.114. The van der Waals surface area contributed by atoms with Crippen molar-refractivity contribution in [2.75, 3.05) is 17.2 Å². The third-order valence-electron chi connectivity index (χ3n) is 3.29. The van der Waals surface area contributed by atoms with Crippen LogP contribution >= 0.6 is 11.3 Å². The zero-order valence-electron chi connectivity index (χ0n) is 12.1.